The SMILES string of the molecule is COc1ccccc1O[C@H](C)CO. The molecule has 0 fully saturated rings. The lowest BCUT2D eigenvalue weighted by atomic mass is 10.3. The van der Waals surface area contributed by atoms with Gasteiger partial charge in [-0.25, -0.2) is 0 Å². The van der Waals surface area contributed by atoms with E-state index >= 15 is 0 Å². The summed E-state index contributed by atoms with van der Waals surface area (Å²) in [4.78, 5) is 0. The van der Waals surface area contributed by atoms with Crippen LogP contribution in [0.3, 0.4) is 0 Å². The second-order valence-electron chi connectivity index (χ2n) is 2.76. The Kier molecular flexibility index (Phi) is 3.58. The minimum Gasteiger partial charge on any atom is -0.493 e. The molecule has 72 valence electrons. The van der Waals surface area contributed by atoms with Gasteiger partial charge in [-0.15, -0.1) is 0 Å². The molecule has 3 heteroatoms. The highest BCUT2D eigenvalue weighted by molar-refractivity contribution is 5.39. The number of rotatable bonds is 4. The molecule has 0 spiro atoms. The Morgan fingerprint density at radius 1 is 1.31 bits per heavy atom. The van der Waals surface area contributed by atoms with Gasteiger partial charge in [-0.2, -0.15) is 0 Å². The average Bonchev–Trinajstić information content (AvgIpc) is 2.18. The van der Waals surface area contributed by atoms with Crippen molar-refractivity contribution in [2.75, 3.05) is 13.7 Å². The van der Waals surface area contributed by atoms with Gasteiger partial charge in [0.2, 0.25) is 0 Å². The van der Waals surface area contributed by atoms with Gasteiger partial charge >= 0.3 is 0 Å². The molecule has 0 amide bonds. The van der Waals surface area contributed by atoms with E-state index in [1.807, 2.05) is 24.3 Å². The van der Waals surface area contributed by atoms with Crippen LogP contribution in [0.4, 0.5) is 0 Å². The van der Waals surface area contributed by atoms with Gasteiger partial charge in [0.25, 0.3) is 0 Å². The van der Waals surface area contributed by atoms with Crippen LogP contribution in [0.15, 0.2) is 24.3 Å². The first kappa shape index (κ1) is 9.86. The number of hydrogen-bond acceptors (Lipinski definition) is 3. The molecule has 13 heavy (non-hydrogen) atoms. The zero-order valence-electron chi connectivity index (χ0n) is 7.86. The van der Waals surface area contributed by atoms with E-state index in [2.05, 4.69) is 0 Å². The summed E-state index contributed by atoms with van der Waals surface area (Å²) in [5, 5.41) is 8.79. The molecule has 0 radical (unpaired) electrons. The maximum atomic E-state index is 8.79. The summed E-state index contributed by atoms with van der Waals surface area (Å²) >= 11 is 0. The zero-order valence-corrected chi connectivity index (χ0v) is 7.86. The number of aliphatic hydroxyl groups is 1. The van der Waals surface area contributed by atoms with Crippen LogP contribution >= 0.6 is 0 Å². The first-order valence-corrected chi connectivity index (χ1v) is 4.18. The highest BCUT2D eigenvalue weighted by Gasteiger charge is 2.06. The molecule has 1 aromatic rings. The van der Waals surface area contributed by atoms with Crippen LogP contribution in [0.2, 0.25) is 0 Å². The van der Waals surface area contributed by atoms with E-state index in [9.17, 15) is 0 Å². The maximum Gasteiger partial charge on any atom is 0.161 e. The van der Waals surface area contributed by atoms with Crippen LogP contribution in [-0.2, 0) is 0 Å². The van der Waals surface area contributed by atoms with Gasteiger partial charge in [-0.3, -0.25) is 0 Å². The van der Waals surface area contributed by atoms with Crippen molar-refractivity contribution < 1.29 is 14.6 Å². The Morgan fingerprint density at radius 3 is 2.46 bits per heavy atom. The monoisotopic (exact) mass is 182 g/mol. The summed E-state index contributed by atoms with van der Waals surface area (Å²) in [7, 11) is 1.59. The minimum absolute atomic E-state index is 0.00194. The fourth-order valence-electron chi connectivity index (χ4n) is 0.970. The third-order valence-electron chi connectivity index (χ3n) is 1.65. The Morgan fingerprint density at radius 2 is 1.92 bits per heavy atom. The highest BCUT2D eigenvalue weighted by Crippen LogP contribution is 2.26. The van der Waals surface area contributed by atoms with Gasteiger partial charge < -0.3 is 14.6 Å². The lowest BCUT2D eigenvalue weighted by Gasteiger charge is -2.14. The molecule has 1 rings (SSSR count). The number of hydrogen-bond donors (Lipinski definition) is 1. The van der Waals surface area contributed by atoms with E-state index in [1.165, 1.54) is 0 Å². The quantitative estimate of drug-likeness (QED) is 0.766. The Labute approximate surface area is 77.9 Å². The highest BCUT2D eigenvalue weighted by atomic mass is 16.5. The van der Waals surface area contributed by atoms with Crippen molar-refractivity contribution in [3.63, 3.8) is 0 Å². The molecule has 1 atom stereocenters. The topological polar surface area (TPSA) is 38.7 Å². The largest absolute Gasteiger partial charge is 0.493 e. The van der Waals surface area contributed by atoms with E-state index in [-0.39, 0.29) is 12.7 Å². The summed E-state index contributed by atoms with van der Waals surface area (Å²) in [5.41, 5.74) is 0. The van der Waals surface area contributed by atoms with Crippen molar-refractivity contribution in [1.82, 2.24) is 0 Å². The molecule has 0 heterocycles. The number of ether oxygens (including phenoxy) is 2. The zero-order chi connectivity index (χ0) is 9.68. The Hall–Kier alpha value is -1.22. The van der Waals surface area contributed by atoms with Gasteiger partial charge in [-0.1, -0.05) is 12.1 Å². The molecule has 0 saturated heterocycles. The predicted molar refractivity (Wildman–Crippen MR) is 50.2 cm³/mol. The summed E-state index contributed by atoms with van der Waals surface area (Å²) in [5.74, 6) is 1.34. The van der Waals surface area contributed by atoms with Crippen molar-refractivity contribution in [1.29, 1.82) is 0 Å². The Balaban J connectivity index is 2.74. The molecule has 0 aliphatic heterocycles. The summed E-state index contributed by atoms with van der Waals surface area (Å²) < 4.78 is 10.5. The van der Waals surface area contributed by atoms with Gasteiger partial charge in [0.05, 0.1) is 13.7 Å². The first-order valence-electron chi connectivity index (χ1n) is 4.18. The van der Waals surface area contributed by atoms with Crippen molar-refractivity contribution in [2.24, 2.45) is 0 Å². The van der Waals surface area contributed by atoms with Crippen molar-refractivity contribution >= 4 is 0 Å². The molecule has 0 bridgehead atoms. The van der Waals surface area contributed by atoms with E-state index < -0.39 is 0 Å². The molecule has 0 aliphatic carbocycles. The summed E-state index contributed by atoms with van der Waals surface area (Å²) in [6.45, 7) is 1.80. The summed E-state index contributed by atoms with van der Waals surface area (Å²) in [6.07, 6.45) is -0.212. The van der Waals surface area contributed by atoms with E-state index in [1.54, 1.807) is 14.0 Å². The second kappa shape index (κ2) is 4.72. The lowest BCUT2D eigenvalue weighted by molar-refractivity contribution is 0.126. The van der Waals surface area contributed by atoms with Crippen molar-refractivity contribution in [3.05, 3.63) is 24.3 Å². The number of para-hydroxylation sites is 2. The molecule has 0 saturated carbocycles. The molecule has 0 aromatic heterocycles. The third kappa shape index (κ3) is 2.63. The van der Waals surface area contributed by atoms with Gasteiger partial charge in [0, 0.05) is 0 Å². The van der Waals surface area contributed by atoms with Gasteiger partial charge in [0.15, 0.2) is 11.5 Å². The Bertz CT molecular complexity index is 260. The molecular weight excluding hydrogens is 168 g/mol. The molecule has 1 aromatic carbocycles. The maximum absolute atomic E-state index is 8.79. The molecule has 1 N–H and O–H groups in total. The van der Waals surface area contributed by atoms with Crippen LogP contribution < -0.4 is 9.47 Å². The van der Waals surface area contributed by atoms with E-state index in [0.717, 1.165) is 0 Å². The number of aliphatic hydroxyl groups excluding tert-OH is 1. The van der Waals surface area contributed by atoms with Gasteiger partial charge in [-0.05, 0) is 19.1 Å². The molecule has 0 aliphatic rings. The molecular formula is C10H14O3. The van der Waals surface area contributed by atoms with Gasteiger partial charge in [0.1, 0.15) is 6.10 Å². The third-order valence-corrected chi connectivity index (χ3v) is 1.65. The minimum atomic E-state index is -0.212. The van der Waals surface area contributed by atoms with Crippen LogP contribution in [-0.4, -0.2) is 24.9 Å². The van der Waals surface area contributed by atoms with Crippen LogP contribution in [0.5, 0.6) is 11.5 Å². The van der Waals surface area contributed by atoms with E-state index in [0.29, 0.717) is 11.5 Å². The lowest BCUT2D eigenvalue weighted by Crippen LogP contribution is -2.16. The number of methoxy groups -OCH3 is 1. The second-order valence-corrected chi connectivity index (χ2v) is 2.76. The normalized spacial score (nSPS) is 12.2. The summed E-state index contributed by atoms with van der Waals surface area (Å²) in [6, 6.07) is 7.36. The first-order chi connectivity index (χ1) is 6.27. The van der Waals surface area contributed by atoms with Crippen molar-refractivity contribution in [3.8, 4) is 11.5 Å². The molecule has 3 nitrogen and oxygen atoms in total. The van der Waals surface area contributed by atoms with Crippen LogP contribution in [0, 0.1) is 0 Å². The predicted octanol–water partition coefficient (Wildman–Crippen LogP) is 1.45. The fourth-order valence-corrected chi connectivity index (χ4v) is 0.970. The van der Waals surface area contributed by atoms with E-state index in [4.69, 9.17) is 14.6 Å². The van der Waals surface area contributed by atoms with Crippen LogP contribution in [0.1, 0.15) is 6.92 Å². The fraction of sp³-hybridized carbons (Fsp3) is 0.400. The average molecular weight is 182 g/mol. The van der Waals surface area contributed by atoms with Crippen LogP contribution in [0.25, 0.3) is 0 Å². The molecule has 0 unspecified atom stereocenters. The smallest absolute Gasteiger partial charge is 0.161 e. The standard InChI is InChI=1S/C10H14O3/c1-8(7-11)13-10-6-4-3-5-9(10)12-2/h3-6,8,11H,7H2,1-2H3/t8-/m1/s1. The number of benzene rings is 1. The van der Waals surface area contributed by atoms with Crippen molar-refractivity contribution in [2.45, 2.75) is 13.0 Å².